The average molecular weight is 341 g/mol. The summed E-state index contributed by atoms with van der Waals surface area (Å²) in [5.74, 6) is 0.643. The van der Waals surface area contributed by atoms with Crippen LogP contribution in [0, 0.1) is 0 Å². The summed E-state index contributed by atoms with van der Waals surface area (Å²) in [6.07, 6.45) is -0.306. The zero-order chi connectivity index (χ0) is 18.0. The second-order valence-electron chi connectivity index (χ2n) is 6.90. The van der Waals surface area contributed by atoms with Gasteiger partial charge >= 0.3 is 6.09 Å². The van der Waals surface area contributed by atoms with Gasteiger partial charge in [0.25, 0.3) is 0 Å². The maximum atomic E-state index is 11.3. The first-order valence-corrected chi connectivity index (χ1v) is 8.38. The maximum absolute atomic E-state index is 11.3. The molecule has 0 atom stereocenters. The van der Waals surface area contributed by atoms with Crippen LogP contribution in [0.5, 0.6) is 5.75 Å². The van der Waals surface area contributed by atoms with Crippen molar-refractivity contribution in [1.29, 1.82) is 0 Å². The van der Waals surface area contributed by atoms with Crippen molar-refractivity contribution < 1.29 is 19.7 Å². The number of hydrogen-bond acceptors (Lipinski definition) is 3. The number of carboxylic acid groups (broad SMARTS) is 1. The van der Waals surface area contributed by atoms with E-state index in [0.29, 0.717) is 31.9 Å². The molecule has 2 N–H and O–H groups in total. The monoisotopic (exact) mass is 341 g/mol. The molecule has 5 nitrogen and oxygen atoms in total. The summed E-state index contributed by atoms with van der Waals surface area (Å²) in [6, 6.07) is 13.6. The summed E-state index contributed by atoms with van der Waals surface area (Å²) < 4.78 is 6.02. The lowest BCUT2D eigenvalue weighted by molar-refractivity contribution is 0.0778. The molecule has 0 aliphatic carbocycles. The molecule has 2 aromatic carbocycles. The fourth-order valence-electron chi connectivity index (χ4n) is 3.01. The fraction of sp³-hybridized carbons (Fsp3) is 0.350. The smallest absolute Gasteiger partial charge is 0.407 e. The Hall–Kier alpha value is -2.53. The molecule has 1 amide bonds. The number of benzene rings is 2. The standard InChI is InChI=1S/C20H23NO4/c1-20(2,24)16-10-15-8-9-21(19(22)23)12-17(15)18(11-16)25-13-14-6-4-3-5-7-14/h3-7,10-11,24H,8-9,12-13H2,1-2H3,(H,22,23). The van der Waals surface area contributed by atoms with Gasteiger partial charge in [-0.05, 0) is 43.0 Å². The van der Waals surface area contributed by atoms with Crippen LogP contribution < -0.4 is 4.74 Å². The molecule has 3 rings (SSSR count). The van der Waals surface area contributed by atoms with E-state index in [4.69, 9.17) is 4.74 Å². The van der Waals surface area contributed by atoms with E-state index < -0.39 is 11.7 Å². The van der Waals surface area contributed by atoms with Gasteiger partial charge in [-0.3, -0.25) is 0 Å². The second kappa shape index (κ2) is 6.76. The predicted octanol–water partition coefficient (Wildman–Crippen LogP) is 3.53. The quantitative estimate of drug-likeness (QED) is 0.892. The van der Waals surface area contributed by atoms with Crippen LogP contribution in [-0.2, 0) is 25.2 Å². The van der Waals surface area contributed by atoms with Crippen LogP contribution in [0.25, 0.3) is 0 Å². The Morgan fingerprint density at radius 2 is 1.96 bits per heavy atom. The summed E-state index contributed by atoms with van der Waals surface area (Å²) in [6.45, 7) is 4.64. The zero-order valence-electron chi connectivity index (χ0n) is 14.5. The fourth-order valence-corrected chi connectivity index (χ4v) is 3.01. The third-order valence-electron chi connectivity index (χ3n) is 4.52. The topological polar surface area (TPSA) is 70.0 Å². The van der Waals surface area contributed by atoms with Crippen LogP contribution in [0.2, 0.25) is 0 Å². The molecule has 1 aliphatic rings. The Balaban J connectivity index is 1.94. The van der Waals surface area contributed by atoms with Crippen LogP contribution >= 0.6 is 0 Å². The molecular weight excluding hydrogens is 318 g/mol. The number of ether oxygens (including phenoxy) is 1. The molecule has 2 aromatic rings. The number of amides is 1. The summed E-state index contributed by atoms with van der Waals surface area (Å²) in [5, 5.41) is 19.7. The first-order chi connectivity index (χ1) is 11.8. The van der Waals surface area contributed by atoms with E-state index in [1.165, 1.54) is 4.90 Å². The first kappa shape index (κ1) is 17.3. The van der Waals surface area contributed by atoms with E-state index in [1.807, 2.05) is 42.5 Å². The zero-order valence-corrected chi connectivity index (χ0v) is 14.5. The van der Waals surface area contributed by atoms with Crippen LogP contribution in [0.15, 0.2) is 42.5 Å². The summed E-state index contributed by atoms with van der Waals surface area (Å²) in [7, 11) is 0. The average Bonchev–Trinajstić information content (AvgIpc) is 2.59. The minimum Gasteiger partial charge on any atom is -0.489 e. The highest BCUT2D eigenvalue weighted by molar-refractivity contribution is 5.66. The highest BCUT2D eigenvalue weighted by Gasteiger charge is 2.26. The van der Waals surface area contributed by atoms with Crippen LogP contribution in [0.3, 0.4) is 0 Å². The van der Waals surface area contributed by atoms with E-state index in [0.717, 1.165) is 22.3 Å². The van der Waals surface area contributed by atoms with Crippen molar-refractivity contribution in [3.8, 4) is 5.75 Å². The highest BCUT2D eigenvalue weighted by atomic mass is 16.5. The van der Waals surface area contributed by atoms with E-state index in [2.05, 4.69) is 0 Å². The number of rotatable bonds is 4. The van der Waals surface area contributed by atoms with Gasteiger partial charge < -0.3 is 19.8 Å². The van der Waals surface area contributed by atoms with Crippen LogP contribution in [0.1, 0.15) is 36.1 Å². The van der Waals surface area contributed by atoms with Crippen molar-refractivity contribution in [2.45, 2.75) is 39.0 Å². The molecule has 1 aliphatic heterocycles. The molecule has 0 saturated heterocycles. The van der Waals surface area contributed by atoms with Crippen molar-refractivity contribution in [3.05, 3.63) is 64.7 Å². The van der Waals surface area contributed by atoms with Crippen molar-refractivity contribution >= 4 is 6.09 Å². The first-order valence-electron chi connectivity index (χ1n) is 8.38. The lowest BCUT2D eigenvalue weighted by atomic mass is 9.90. The van der Waals surface area contributed by atoms with E-state index in [9.17, 15) is 15.0 Å². The number of fused-ring (bicyclic) bond motifs is 1. The number of hydrogen-bond donors (Lipinski definition) is 2. The molecule has 0 saturated carbocycles. The van der Waals surface area contributed by atoms with Gasteiger partial charge in [0.1, 0.15) is 12.4 Å². The Kier molecular flexibility index (Phi) is 4.68. The molecule has 0 radical (unpaired) electrons. The Morgan fingerprint density at radius 1 is 1.24 bits per heavy atom. The van der Waals surface area contributed by atoms with Gasteiger partial charge in [-0.15, -0.1) is 0 Å². The Labute approximate surface area is 147 Å². The molecule has 0 aromatic heterocycles. The SMILES string of the molecule is CC(C)(O)c1cc2c(c(OCc3ccccc3)c1)CN(C(=O)O)CC2. The van der Waals surface area contributed by atoms with E-state index >= 15 is 0 Å². The normalized spacial score (nSPS) is 14.1. The summed E-state index contributed by atoms with van der Waals surface area (Å²) >= 11 is 0. The van der Waals surface area contributed by atoms with Crippen molar-refractivity contribution in [2.24, 2.45) is 0 Å². The van der Waals surface area contributed by atoms with Gasteiger partial charge in [-0.1, -0.05) is 36.4 Å². The lowest BCUT2D eigenvalue weighted by Gasteiger charge is -2.30. The van der Waals surface area contributed by atoms with Crippen molar-refractivity contribution in [3.63, 3.8) is 0 Å². The molecule has 0 bridgehead atoms. The second-order valence-corrected chi connectivity index (χ2v) is 6.90. The van der Waals surface area contributed by atoms with E-state index in [-0.39, 0.29) is 0 Å². The summed E-state index contributed by atoms with van der Waals surface area (Å²) in [4.78, 5) is 12.7. The molecule has 5 heteroatoms. The van der Waals surface area contributed by atoms with Gasteiger partial charge in [0.2, 0.25) is 0 Å². The minimum atomic E-state index is -0.982. The van der Waals surface area contributed by atoms with Crippen molar-refractivity contribution in [1.82, 2.24) is 4.90 Å². The Morgan fingerprint density at radius 3 is 2.60 bits per heavy atom. The number of carbonyl (C=O) groups is 1. The molecule has 1 heterocycles. The van der Waals surface area contributed by atoms with Crippen LogP contribution in [0.4, 0.5) is 4.79 Å². The van der Waals surface area contributed by atoms with Gasteiger partial charge in [-0.25, -0.2) is 4.79 Å². The third-order valence-corrected chi connectivity index (χ3v) is 4.52. The Bertz CT molecular complexity index is 765. The highest BCUT2D eigenvalue weighted by Crippen LogP contribution is 2.34. The number of nitrogens with zero attached hydrogens (tertiary/aromatic N) is 1. The number of aliphatic hydroxyl groups is 1. The maximum Gasteiger partial charge on any atom is 0.407 e. The summed E-state index contributed by atoms with van der Waals surface area (Å²) in [5.41, 5.74) is 2.76. The van der Waals surface area contributed by atoms with E-state index in [1.54, 1.807) is 13.8 Å². The molecule has 25 heavy (non-hydrogen) atoms. The van der Waals surface area contributed by atoms with Gasteiger partial charge in [0.05, 0.1) is 12.1 Å². The third kappa shape index (κ3) is 3.94. The van der Waals surface area contributed by atoms with Gasteiger partial charge in [0.15, 0.2) is 0 Å². The molecule has 0 spiro atoms. The largest absolute Gasteiger partial charge is 0.489 e. The van der Waals surface area contributed by atoms with Gasteiger partial charge in [0, 0.05) is 12.1 Å². The molecular formula is C20H23NO4. The van der Waals surface area contributed by atoms with Crippen molar-refractivity contribution in [2.75, 3.05) is 6.54 Å². The molecule has 0 fully saturated rings. The molecule has 132 valence electrons. The van der Waals surface area contributed by atoms with Crippen LogP contribution in [-0.4, -0.2) is 27.8 Å². The molecule has 0 unspecified atom stereocenters. The predicted molar refractivity (Wildman–Crippen MR) is 94.6 cm³/mol. The van der Waals surface area contributed by atoms with Gasteiger partial charge in [-0.2, -0.15) is 0 Å². The minimum absolute atomic E-state index is 0.306. The lowest BCUT2D eigenvalue weighted by Crippen LogP contribution is -2.35.